The maximum absolute atomic E-state index is 6.07. The predicted molar refractivity (Wildman–Crippen MR) is 86.2 cm³/mol. The second-order valence-electron chi connectivity index (χ2n) is 6.90. The molecule has 0 amide bonds. The molecule has 120 valence electrons. The molecule has 1 atom stereocenters. The van der Waals surface area contributed by atoms with Crippen molar-refractivity contribution in [2.24, 2.45) is 11.3 Å². The predicted octanol–water partition coefficient (Wildman–Crippen LogP) is 4.68. The third-order valence-corrected chi connectivity index (χ3v) is 4.69. The van der Waals surface area contributed by atoms with Crippen LogP contribution >= 0.6 is 0 Å². The number of ether oxygens (including phenoxy) is 1. The summed E-state index contributed by atoms with van der Waals surface area (Å²) in [5.41, 5.74) is 0.354. The summed E-state index contributed by atoms with van der Waals surface area (Å²) >= 11 is 0. The van der Waals surface area contributed by atoms with Gasteiger partial charge in [0.05, 0.1) is 6.04 Å². The Morgan fingerprint density at radius 1 is 1.29 bits per heavy atom. The molecule has 2 rings (SSSR count). The van der Waals surface area contributed by atoms with Crippen LogP contribution < -0.4 is 5.32 Å². The zero-order valence-electron chi connectivity index (χ0n) is 14.1. The molecule has 0 spiro atoms. The van der Waals surface area contributed by atoms with Crippen LogP contribution in [0.4, 0.5) is 0 Å². The summed E-state index contributed by atoms with van der Waals surface area (Å²) in [6.45, 7) is 8.38. The standard InChI is InChI=1S/C18H31NO2/c1-5-19-17(16-9-8-15(21-16)13-20-4)18(12-14(2)3)10-6-7-11-18/h8-9,14,17,19H,5-7,10-13H2,1-4H3. The van der Waals surface area contributed by atoms with Crippen LogP contribution in [-0.4, -0.2) is 13.7 Å². The van der Waals surface area contributed by atoms with Gasteiger partial charge in [0.15, 0.2) is 0 Å². The van der Waals surface area contributed by atoms with Crippen molar-refractivity contribution < 1.29 is 9.15 Å². The minimum Gasteiger partial charge on any atom is -0.462 e. The SMILES string of the molecule is CCNC(c1ccc(COC)o1)C1(CC(C)C)CCCC1. The summed E-state index contributed by atoms with van der Waals surface area (Å²) in [7, 11) is 1.71. The molecule has 1 unspecified atom stereocenters. The van der Waals surface area contributed by atoms with Gasteiger partial charge in [-0.15, -0.1) is 0 Å². The molecule has 1 saturated carbocycles. The monoisotopic (exact) mass is 293 g/mol. The van der Waals surface area contributed by atoms with Crippen molar-refractivity contribution in [3.63, 3.8) is 0 Å². The Kier molecular flexibility index (Phi) is 5.88. The van der Waals surface area contributed by atoms with E-state index in [4.69, 9.17) is 9.15 Å². The number of hydrogen-bond donors (Lipinski definition) is 1. The van der Waals surface area contributed by atoms with Gasteiger partial charge in [-0.3, -0.25) is 0 Å². The maximum atomic E-state index is 6.07. The Labute approximate surface area is 129 Å². The second kappa shape index (κ2) is 7.46. The first kappa shape index (κ1) is 16.6. The Morgan fingerprint density at radius 3 is 2.57 bits per heavy atom. The molecule has 0 radical (unpaired) electrons. The lowest BCUT2D eigenvalue weighted by Crippen LogP contribution is -2.37. The Morgan fingerprint density at radius 2 is 2.00 bits per heavy atom. The van der Waals surface area contributed by atoms with Crippen LogP contribution in [0.25, 0.3) is 0 Å². The van der Waals surface area contributed by atoms with Gasteiger partial charge in [-0.1, -0.05) is 33.6 Å². The van der Waals surface area contributed by atoms with Gasteiger partial charge >= 0.3 is 0 Å². The van der Waals surface area contributed by atoms with E-state index in [0.29, 0.717) is 18.1 Å². The summed E-state index contributed by atoms with van der Waals surface area (Å²) in [5, 5.41) is 3.71. The molecule has 21 heavy (non-hydrogen) atoms. The van der Waals surface area contributed by atoms with Gasteiger partial charge in [-0.25, -0.2) is 0 Å². The topological polar surface area (TPSA) is 34.4 Å². The molecule has 0 bridgehead atoms. The van der Waals surface area contributed by atoms with Crippen LogP contribution in [-0.2, 0) is 11.3 Å². The molecule has 1 N–H and O–H groups in total. The first-order chi connectivity index (χ1) is 10.1. The fraction of sp³-hybridized carbons (Fsp3) is 0.778. The maximum Gasteiger partial charge on any atom is 0.129 e. The highest BCUT2D eigenvalue weighted by atomic mass is 16.5. The number of nitrogens with one attached hydrogen (secondary N) is 1. The van der Waals surface area contributed by atoms with E-state index in [1.807, 2.05) is 0 Å². The highest BCUT2D eigenvalue weighted by Gasteiger charge is 2.43. The number of rotatable bonds is 8. The first-order valence-corrected chi connectivity index (χ1v) is 8.42. The Bertz CT molecular complexity index is 419. The summed E-state index contributed by atoms with van der Waals surface area (Å²) < 4.78 is 11.3. The lowest BCUT2D eigenvalue weighted by Gasteiger charge is -2.38. The van der Waals surface area contributed by atoms with E-state index < -0.39 is 0 Å². The van der Waals surface area contributed by atoms with Crippen molar-refractivity contribution in [1.29, 1.82) is 0 Å². The second-order valence-corrected chi connectivity index (χ2v) is 6.90. The van der Waals surface area contributed by atoms with Crippen molar-refractivity contribution in [1.82, 2.24) is 5.32 Å². The molecule has 1 aromatic rings. The van der Waals surface area contributed by atoms with Crippen LogP contribution in [0.3, 0.4) is 0 Å². The van der Waals surface area contributed by atoms with E-state index in [9.17, 15) is 0 Å². The minimum atomic E-state index is 0.331. The summed E-state index contributed by atoms with van der Waals surface area (Å²) in [5.74, 6) is 2.73. The van der Waals surface area contributed by atoms with E-state index in [1.165, 1.54) is 32.1 Å². The fourth-order valence-electron chi connectivity index (χ4n) is 4.10. The molecule has 1 heterocycles. The van der Waals surface area contributed by atoms with E-state index >= 15 is 0 Å². The molecular formula is C18H31NO2. The van der Waals surface area contributed by atoms with Crippen molar-refractivity contribution in [2.45, 2.75) is 65.5 Å². The van der Waals surface area contributed by atoms with Gasteiger partial charge in [0.2, 0.25) is 0 Å². The lowest BCUT2D eigenvalue weighted by molar-refractivity contribution is 0.128. The van der Waals surface area contributed by atoms with Crippen molar-refractivity contribution in [2.75, 3.05) is 13.7 Å². The van der Waals surface area contributed by atoms with Gasteiger partial charge in [-0.2, -0.15) is 0 Å². The van der Waals surface area contributed by atoms with Crippen molar-refractivity contribution in [3.8, 4) is 0 Å². The van der Waals surface area contributed by atoms with Crippen LogP contribution in [0.15, 0.2) is 16.5 Å². The molecule has 0 saturated heterocycles. The molecule has 1 aliphatic rings. The van der Waals surface area contributed by atoms with E-state index in [-0.39, 0.29) is 0 Å². The molecule has 3 heteroatoms. The minimum absolute atomic E-state index is 0.331. The van der Waals surface area contributed by atoms with Gasteiger partial charge in [0.25, 0.3) is 0 Å². The smallest absolute Gasteiger partial charge is 0.129 e. The van der Waals surface area contributed by atoms with Gasteiger partial charge in [0, 0.05) is 7.11 Å². The molecule has 1 aliphatic carbocycles. The average molecular weight is 293 g/mol. The summed E-state index contributed by atoms with van der Waals surface area (Å²) in [6.07, 6.45) is 6.58. The molecule has 1 fully saturated rings. The third-order valence-electron chi connectivity index (χ3n) is 4.69. The highest BCUT2D eigenvalue weighted by molar-refractivity contribution is 5.15. The van der Waals surface area contributed by atoms with E-state index in [1.54, 1.807) is 7.11 Å². The quantitative estimate of drug-likeness (QED) is 0.755. The summed E-state index contributed by atoms with van der Waals surface area (Å²) in [4.78, 5) is 0. The Hall–Kier alpha value is -0.800. The average Bonchev–Trinajstić information content (AvgIpc) is 3.06. The summed E-state index contributed by atoms with van der Waals surface area (Å²) in [6, 6.07) is 4.53. The van der Waals surface area contributed by atoms with Crippen LogP contribution in [0.1, 0.15) is 70.4 Å². The Balaban J connectivity index is 2.25. The number of methoxy groups -OCH3 is 1. The first-order valence-electron chi connectivity index (χ1n) is 8.42. The number of furan rings is 1. The normalized spacial score (nSPS) is 19.3. The highest BCUT2D eigenvalue weighted by Crippen LogP contribution is 2.51. The van der Waals surface area contributed by atoms with Crippen LogP contribution in [0, 0.1) is 11.3 Å². The fourth-order valence-corrected chi connectivity index (χ4v) is 4.10. The van der Waals surface area contributed by atoms with Crippen molar-refractivity contribution >= 4 is 0 Å². The molecule has 1 aromatic heterocycles. The van der Waals surface area contributed by atoms with Gasteiger partial charge < -0.3 is 14.5 Å². The largest absolute Gasteiger partial charge is 0.462 e. The molecule has 0 aromatic carbocycles. The van der Waals surface area contributed by atoms with Gasteiger partial charge in [-0.05, 0) is 49.3 Å². The molecule has 0 aliphatic heterocycles. The van der Waals surface area contributed by atoms with E-state index in [0.717, 1.165) is 24.0 Å². The number of hydrogen-bond acceptors (Lipinski definition) is 3. The van der Waals surface area contributed by atoms with Crippen LogP contribution in [0.2, 0.25) is 0 Å². The molecule has 3 nitrogen and oxygen atoms in total. The van der Waals surface area contributed by atoms with Crippen molar-refractivity contribution in [3.05, 3.63) is 23.7 Å². The van der Waals surface area contributed by atoms with E-state index in [2.05, 4.69) is 38.2 Å². The zero-order chi connectivity index (χ0) is 15.3. The zero-order valence-corrected chi connectivity index (χ0v) is 14.1. The third kappa shape index (κ3) is 3.89. The lowest BCUT2D eigenvalue weighted by atomic mass is 9.71. The van der Waals surface area contributed by atoms with Gasteiger partial charge in [0.1, 0.15) is 18.1 Å². The van der Waals surface area contributed by atoms with Crippen LogP contribution in [0.5, 0.6) is 0 Å². The molecular weight excluding hydrogens is 262 g/mol.